The number of hydrogen-bond donors (Lipinski definition) is 2. The van der Waals surface area contributed by atoms with Crippen LogP contribution in [0.5, 0.6) is 0 Å². The second kappa shape index (κ2) is 9.87. The van der Waals surface area contributed by atoms with Crippen LogP contribution in [0.3, 0.4) is 0 Å². The fraction of sp³-hybridized carbons (Fsp3) is 0.611. The van der Waals surface area contributed by atoms with Gasteiger partial charge in [-0.25, -0.2) is 12.8 Å². The van der Waals surface area contributed by atoms with E-state index in [1.807, 2.05) is 19.9 Å². The second-order valence-electron chi connectivity index (χ2n) is 6.50. The first-order valence-electron chi connectivity index (χ1n) is 9.09. The SMILES string of the molecule is CCNC(=NCCN1CCS(=O)(=O)CC1)NCCc1ccc(F)cc1C. The lowest BCUT2D eigenvalue weighted by Gasteiger charge is -2.25. The molecule has 0 bridgehead atoms. The third-order valence-corrected chi connectivity index (χ3v) is 6.07. The first-order chi connectivity index (χ1) is 12.4. The molecule has 8 heteroatoms. The Labute approximate surface area is 155 Å². The minimum absolute atomic E-state index is 0.209. The van der Waals surface area contributed by atoms with E-state index in [9.17, 15) is 12.8 Å². The molecular formula is C18H29FN4O2S. The van der Waals surface area contributed by atoms with Gasteiger partial charge in [0.25, 0.3) is 0 Å². The van der Waals surface area contributed by atoms with Crippen molar-refractivity contribution in [2.24, 2.45) is 4.99 Å². The molecule has 1 saturated heterocycles. The van der Waals surface area contributed by atoms with Gasteiger partial charge in [-0.1, -0.05) is 6.07 Å². The molecule has 0 atom stereocenters. The van der Waals surface area contributed by atoms with Crippen molar-refractivity contribution in [2.45, 2.75) is 20.3 Å². The molecule has 2 rings (SSSR count). The molecule has 0 radical (unpaired) electrons. The highest BCUT2D eigenvalue weighted by atomic mass is 32.2. The van der Waals surface area contributed by atoms with Crippen LogP contribution in [0.25, 0.3) is 0 Å². The van der Waals surface area contributed by atoms with E-state index < -0.39 is 9.84 Å². The first-order valence-corrected chi connectivity index (χ1v) is 10.9. The van der Waals surface area contributed by atoms with Crippen molar-refractivity contribution >= 4 is 15.8 Å². The summed E-state index contributed by atoms with van der Waals surface area (Å²) in [6.45, 7) is 7.95. The molecule has 0 spiro atoms. The molecule has 0 amide bonds. The summed E-state index contributed by atoms with van der Waals surface area (Å²) in [4.78, 5) is 6.69. The number of sulfone groups is 1. The first kappa shape index (κ1) is 20.6. The molecule has 26 heavy (non-hydrogen) atoms. The lowest BCUT2D eigenvalue weighted by atomic mass is 10.1. The van der Waals surface area contributed by atoms with Gasteiger partial charge in [-0.2, -0.15) is 0 Å². The van der Waals surface area contributed by atoms with Crippen molar-refractivity contribution in [3.8, 4) is 0 Å². The van der Waals surface area contributed by atoms with E-state index in [0.29, 0.717) is 26.2 Å². The summed E-state index contributed by atoms with van der Waals surface area (Å²) in [7, 11) is -2.84. The Bertz CT molecular complexity index is 708. The molecule has 1 aromatic carbocycles. The van der Waals surface area contributed by atoms with Gasteiger partial charge >= 0.3 is 0 Å². The fourth-order valence-corrected chi connectivity index (χ4v) is 4.15. The van der Waals surface area contributed by atoms with E-state index in [0.717, 1.165) is 36.6 Å². The largest absolute Gasteiger partial charge is 0.357 e. The Morgan fingerprint density at radius 3 is 2.65 bits per heavy atom. The van der Waals surface area contributed by atoms with Crippen molar-refractivity contribution in [2.75, 3.05) is 50.8 Å². The van der Waals surface area contributed by atoms with Crippen LogP contribution in [-0.2, 0) is 16.3 Å². The summed E-state index contributed by atoms with van der Waals surface area (Å²) in [5, 5.41) is 6.50. The number of rotatable bonds is 7. The summed E-state index contributed by atoms with van der Waals surface area (Å²) in [5.41, 5.74) is 2.07. The summed E-state index contributed by atoms with van der Waals surface area (Å²) in [5.74, 6) is 1.02. The van der Waals surface area contributed by atoms with Gasteiger partial charge in [0.05, 0.1) is 18.1 Å². The van der Waals surface area contributed by atoms with E-state index in [-0.39, 0.29) is 17.3 Å². The summed E-state index contributed by atoms with van der Waals surface area (Å²) < 4.78 is 36.0. The number of aliphatic imine (C=N–C) groups is 1. The van der Waals surface area contributed by atoms with Gasteiger partial charge in [0.1, 0.15) is 5.82 Å². The number of halogens is 1. The standard InChI is InChI=1S/C18H29FN4O2S/c1-3-20-18(21-7-6-16-4-5-17(19)14-15(16)2)22-8-9-23-10-12-26(24,25)13-11-23/h4-5,14H,3,6-13H2,1-2H3,(H2,20,21,22). The van der Waals surface area contributed by atoms with Gasteiger partial charge in [0.15, 0.2) is 15.8 Å². The van der Waals surface area contributed by atoms with E-state index in [1.54, 1.807) is 6.07 Å². The molecule has 0 saturated carbocycles. The lowest BCUT2D eigenvalue weighted by Crippen LogP contribution is -2.42. The molecular weight excluding hydrogens is 355 g/mol. The van der Waals surface area contributed by atoms with E-state index in [4.69, 9.17) is 0 Å². The minimum atomic E-state index is -2.84. The molecule has 6 nitrogen and oxygen atoms in total. The van der Waals surface area contributed by atoms with Crippen molar-refractivity contribution in [1.29, 1.82) is 0 Å². The highest BCUT2D eigenvalue weighted by Crippen LogP contribution is 2.10. The smallest absolute Gasteiger partial charge is 0.191 e. The zero-order chi connectivity index (χ0) is 19.0. The van der Waals surface area contributed by atoms with Crippen LogP contribution in [0.2, 0.25) is 0 Å². The van der Waals surface area contributed by atoms with Gasteiger partial charge in [-0.3, -0.25) is 9.89 Å². The Morgan fingerprint density at radius 1 is 1.27 bits per heavy atom. The van der Waals surface area contributed by atoms with Crippen LogP contribution < -0.4 is 10.6 Å². The zero-order valence-electron chi connectivity index (χ0n) is 15.6. The van der Waals surface area contributed by atoms with Crippen LogP contribution in [0, 0.1) is 12.7 Å². The molecule has 146 valence electrons. The average molecular weight is 385 g/mol. The minimum Gasteiger partial charge on any atom is -0.357 e. The number of nitrogens with one attached hydrogen (secondary N) is 2. The molecule has 1 fully saturated rings. The monoisotopic (exact) mass is 384 g/mol. The second-order valence-corrected chi connectivity index (χ2v) is 8.81. The van der Waals surface area contributed by atoms with Crippen LogP contribution in [-0.4, -0.2) is 70.1 Å². The van der Waals surface area contributed by atoms with Crippen molar-refractivity contribution in [3.05, 3.63) is 35.1 Å². The van der Waals surface area contributed by atoms with E-state index in [2.05, 4.69) is 20.5 Å². The lowest BCUT2D eigenvalue weighted by molar-refractivity contribution is 0.304. The van der Waals surface area contributed by atoms with Crippen LogP contribution in [0.15, 0.2) is 23.2 Å². The highest BCUT2D eigenvalue weighted by Gasteiger charge is 2.20. The van der Waals surface area contributed by atoms with Crippen molar-refractivity contribution in [1.82, 2.24) is 15.5 Å². The number of benzene rings is 1. The molecule has 0 aliphatic carbocycles. The Kier molecular flexibility index (Phi) is 7.84. The number of hydrogen-bond acceptors (Lipinski definition) is 4. The molecule has 0 unspecified atom stereocenters. The number of aryl methyl sites for hydroxylation is 1. The van der Waals surface area contributed by atoms with Gasteiger partial charge in [0, 0.05) is 32.7 Å². The highest BCUT2D eigenvalue weighted by molar-refractivity contribution is 7.91. The molecule has 1 aromatic rings. The maximum Gasteiger partial charge on any atom is 0.191 e. The van der Waals surface area contributed by atoms with Crippen LogP contribution in [0.4, 0.5) is 4.39 Å². The van der Waals surface area contributed by atoms with Gasteiger partial charge in [-0.15, -0.1) is 0 Å². The third-order valence-electron chi connectivity index (χ3n) is 4.46. The summed E-state index contributed by atoms with van der Waals surface area (Å²) >= 11 is 0. The van der Waals surface area contributed by atoms with E-state index >= 15 is 0 Å². The maximum atomic E-state index is 13.2. The summed E-state index contributed by atoms with van der Waals surface area (Å²) in [6, 6.07) is 4.86. The predicted molar refractivity (Wildman–Crippen MR) is 104 cm³/mol. The van der Waals surface area contributed by atoms with Gasteiger partial charge < -0.3 is 10.6 Å². The van der Waals surface area contributed by atoms with Gasteiger partial charge in [0.2, 0.25) is 0 Å². The Hall–Kier alpha value is -1.67. The number of guanidine groups is 1. The van der Waals surface area contributed by atoms with Gasteiger partial charge in [-0.05, 0) is 43.5 Å². The quantitative estimate of drug-likeness (QED) is 0.541. The van der Waals surface area contributed by atoms with Crippen LogP contribution in [0.1, 0.15) is 18.1 Å². The van der Waals surface area contributed by atoms with Crippen molar-refractivity contribution in [3.63, 3.8) is 0 Å². The third kappa shape index (κ3) is 6.92. The molecule has 1 heterocycles. The predicted octanol–water partition coefficient (Wildman–Crippen LogP) is 0.962. The van der Waals surface area contributed by atoms with Crippen molar-refractivity contribution < 1.29 is 12.8 Å². The molecule has 2 N–H and O–H groups in total. The number of nitrogens with zero attached hydrogens (tertiary/aromatic N) is 2. The average Bonchev–Trinajstić information content (AvgIpc) is 2.58. The molecule has 0 aromatic heterocycles. The Morgan fingerprint density at radius 2 is 2.00 bits per heavy atom. The molecule has 1 aliphatic rings. The van der Waals surface area contributed by atoms with E-state index in [1.165, 1.54) is 6.07 Å². The topological polar surface area (TPSA) is 73.8 Å². The summed E-state index contributed by atoms with van der Waals surface area (Å²) in [6.07, 6.45) is 0.792. The normalized spacial score (nSPS) is 17.9. The molecule has 1 aliphatic heterocycles. The fourth-order valence-electron chi connectivity index (χ4n) is 2.87. The Balaban J connectivity index is 1.77. The zero-order valence-corrected chi connectivity index (χ0v) is 16.4. The van der Waals surface area contributed by atoms with Crippen LogP contribution >= 0.6 is 0 Å². The maximum absolute atomic E-state index is 13.2.